The molecule has 2 aromatic rings. The van der Waals surface area contributed by atoms with Gasteiger partial charge in [0.1, 0.15) is 11.9 Å². The zero-order chi connectivity index (χ0) is 17.6. The van der Waals surface area contributed by atoms with E-state index in [-0.39, 0.29) is 11.5 Å². The molecule has 4 rings (SSSR count). The fourth-order valence-corrected chi connectivity index (χ4v) is 5.42. The van der Waals surface area contributed by atoms with Crippen LogP contribution in [0.2, 0.25) is 0 Å². The molecule has 3 heterocycles. The number of rotatable bonds is 2. The van der Waals surface area contributed by atoms with Crippen molar-refractivity contribution in [2.24, 2.45) is 0 Å². The minimum absolute atomic E-state index is 0.00343. The van der Waals surface area contributed by atoms with E-state index in [1.165, 1.54) is 29.9 Å². The highest BCUT2D eigenvalue weighted by Crippen LogP contribution is 2.39. The van der Waals surface area contributed by atoms with Gasteiger partial charge in [-0.15, -0.1) is 11.3 Å². The van der Waals surface area contributed by atoms with Gasteiger partial charge in [-0.05, 0) is 60.2 Å². The number of halogens is 2. The molecule has 0 saturated carbocycles. The molecule has 2 bridgehead atoms. The molecule has 2 aliphatic rings. The van der Waals surface area contributed by atoms with Gasteiger partial charge < -0.3 is 4.90 Å². The minimum Gasteiger partial charge on any atom is -0.331 e. The summed E-state index contributed by atoms with van der Waals surface area (Å²) < 4.78 is 14.6. The summed E-state index contributed by atoms with van der Waals surface area (Å²) in [7, 11) is 0. The average Bonchev–Trinajstić information content (AvgIpc) is 3.11. The normalized spacial score (nSPS) is 22.0. The fourth-order valence-electron chi connectivity index (χ4n) is 3.88. The fraction of sp³-hybridized carbons (Fsp3) is 0.389. The lowest BCUT2D eigenvalue weighted by Crippen LogP contribution is -2.43. The van der Waals surface area contributed by atoms with Crippen molar-refractivity contribution in [3.8, 4) is 17.3 Å². The van der Waals surface area contributed by atoms with Crippen LogP contribution in [-0.2, 0) is 0 Å². The van der Waals surface area contributed by atoms with E-state index in [2.05, 4.69) is 20.9 Å². The number of carbonyl (C=O) groups is 1. The molecule has 1 amide bonds. The van der Waals surface area contributed by atoms with E-state index >= 15 is 0 Å². The largest absolute Gasteiger partial charge is 0.331 e. The summed E-state index contributed by atoms with van der Waals surface area (Å²) >= 11 is 4.74. The van der Waals surface area contributed by atoms with Gasteiger partial charge in [0.05, 0.1) is 15.0 Å². The van der Waals surface area contributed by atoms with E-state index in [9.17, 15) is 9.18 Å². The van der Waals surface area contributed by atoms with Crippen molar-refractivity contribution in [3.05, 3.63) is 38.4 Å². The third kappa shape index (κ3) is 2.87. The molecule has 0 aliphatic carbocycles. The van der Waals surface area contributed by atoms with Crippen LogP contribution in [0.15, 0.2) is 22.0 Å². The molecule has 7 heteroatoms. The summed E-state index contributed by atoms with van der Waals surface area (Å²) in [5.74, 6) is -0.597. The van der Waals surface area contributed by atoms with Gasteiger partial charge in [0.25, 0.3) is 5.91 Å². The van der Waals surface area contributed by atoms with Gasteiger partial charge in [-0.25, -0.2) is 9.37 Å². The maximum atomic E-state index is 13.9. The second kappa shape index (κ2) is 6.50. The zero-order valence-corrected chi connectivity index (χ0v) is 15.7. The number of nitriles is 1. The van der Waals surface area contributed by atoms with Crippen LogP contribution < -0.4 is 0 Å². The highest BCUT2D eigenvalue weighted by molar-refractivity contribution is 9.11. The third-order valence-electron chi connectivity index (χ3n) is 5.06. The lowest BCUT2D eigenvalue weighted by atomic mass is 10.0. The van der Waals surface area contributed by atoms with Crippen molar-refractivity contribution in [2.75, 3.05) is 0 Å². The molecule has 2 unspecified atom stereocenters. The third-order valence-corrected chi connectivity index (χ3v) is 6.75. The predicted octanol–water partition coefficient (Wildman–Crippen LogP) is 4.74. The van der Waals surface area contributed by atoms with Crippen molar-refractivity contribution in [2.45, 2.75) is 44.2 Å². The van der Waals surface area contributed by atoms with Crippen molar-refractivity contribution in [3.63, 3.8) is 0 Å². The van der Waals surface area contributed by atoms with Crippen LogP contribution in [0.3, 0.4) is 0 Å². The molecule has 2 atom stereocenters. The smallest absolute Gasteiger partial charge is 0.283 e. The number of thiazole rings is 1. The molecule has 4 nitrogen and oxygen atoms in total. The second-order valence-electron chi connectivity index (χ2n) is 6.48. The first-order chi connectivity index (χ1) is 12.1. The molecule has 2 fully saturated rings. The Morgan fingerprint density at radius 3 is 2.68 bits per heavy atom. The van der Waals surface area contributed by atoms with Crippen LogP contribution in [-0.4, -0.2) is 27.9 Å². The molecule has 128 valence electrons. The van der Waals surface area contributed by atoms with E-state index < -0.39 is 5.82 Å². The van der Waals surface area contributed by atoms with E-state index in [1.54, 1.807) is 12.1 Å². The lowest BCUT2D eigenvalue weighted by molar-refractivity contribution is 0.0595. The van der Waals surface area contributed by atoms with Crippen LogP contribution >= 0.6 is 27.3 Å². The van der Waals surface area contributed by atoms with Crippen molar-refractivity contribution in [1.82, 2.24) is 9.88 Å². The summed E-state index contributed by atoms with van der Waals surface area (Å²) in [5, 5.41) is 9.28. The Hall–Kier alpha value is -1.78. The van der Waals surface area contributed by atoms with E-state index in [0.29, 0.717) is 32.1 Å². The highest BCUT2D eigenvalue weighted by atomic mass is 79.9. The molecular weight excluding hydrogens is 405 g/mol. The number of fused-ring (bicyclic) bond motifs is 2. The van der Waals surface area contributed by atoms with Gasteiger partial charge in [0.2, 0.25) is 0 Å². The zero-order valence-electron chi connectivity index (χ0n) is 13.3. The molecule has 25 heavy (non-hydrogen) atoms. The number of amides is 1. The number of carbonyl (C=O) groups excluding carboxylic acids is 1. The summed E-state index contributed by atoms with van der Waals surface area (Å²) in [6.07, 6.45) is 5.49. The van der Waals surface area contributed by atoms with Gasteiger partial charge in [0.15, 0.2) is 5.01 Å². The Labute approximate surface area is 157 Å². The van der Waals surface area contributed by atoms with Gasteiger partial charge in [-0.3, -0.25) is 4.79 Å². The summed E-state index contributed by atoms with van der Waals surface area (Å²) in [6.45, 7) is 0. The van der Waals surface area contributed by atoms with Crippen LogP contribution in [0, 0.1) is 17.1 Å². The number of benzene rings is 1. The van der Waals surface area contributed by atoms with Crippen molar-refractivity contribution in [1.29, 1.82) is 5.26 Å². The second-order valence-corrected chi connectivity index (χ2v) is 8.79. The van der Waals surface area contributed by atoms with E-state index in [4.69, 9.17) is 5.26 Å². The maximum absolute atomic E-state index is 13.9. The molecule has 2 aliphatic heterocycles. The molecular formula is C18H15BrFN3OS. The molecule has 1 aromatic carbocycles. The number of hydrogen-bond donors (Lipinski definition) is 0. The molecule has 0 spiro atoms. The monoisotopic (exact) mass is 419 g/mol. The van der Waals surface area contributed by atoms with Gasteiger partial charge in [-0.2, -0.15) is 5.26 Å². The molecule has 1 aromatic heterocycles. The Morgan fingerprint density at radius 2 is 2.04 bits per heavy atom. The first-order valence-corrected chi connectivity index (χ1v) is 9.88. The van der Waals surface area contributed by atoms with Crippen LogP contribution in [0.25, 0.3) is 11.3 Å². The number of nitrogens with zero attached hydrogens (tertiary/aromatic N) is 3. The Bertz CT molecular complexity index is 875. The first-order valence-electron chi connectivity index (χ1n) is 8.27. The molecule has 0 N–H and O–H groups in total. The number of aromatic nitrogens is 1. The number of hydrogen-bond acceptors (Lipinski definition) is 4. The first kappa shape index (κ1) is 16.7. The summed E-state index contributed by atoms with van der Waals surface area (Å²) in [5.41, 5.74) is 1.10. The Kier molecular flexibility index (Phi) is 4.34. The predicted molar refractivity (Wildman–Crippen MR) is 96.8 cm³/mol. The molecule has 0 radical (unpaired) electrons. The minimum atomic E-state index is -0.582. The standard InChI is InChI=1S/C18H15BrFN3OS/c19-16-15(10-4-5-11(9-21)14(20)8-10)22-17(25-16)18(24)23-12-2-1-3-13(23)7-6-12/h4-5,8,12-13H,1-3,6-7H2. The number of piperidine rings is 1. The van der Waals surface area contributed by atoms with Crippen molar-refractivity contribution < 1.29 is 9.18 Å². The van der Waals surface area contributed by atoms with Gasteiger partial charge >= 0.3 is 0 Å². The van der Waals surface area contributed by atoms with Gasteiger partial charge in [0, 0.05) is 17.6 Å². The Morgan fingerprint density at radius 1 is 1.32 bits per heavy atom. The van der Waals surface area contributed by atoms with E-state index in [1.807, 2.05) is 4.90 Å². The summed E-state index contributed by atoms with van der Waals surface area (Å²) in [4.78, 5) is 19.5. The SMILES string of the molecule is N#Cc1ccc(-c2nc(C(=O)N3C4CCCC3CC4)sc2Br)cc1F. The maximum Gasteiger partial charge on any atom is 0.283 e. The summed E-state index contributed by atoms with van der Waals surface area (Å²) in [6, 6.07) is 6.86. The van der Waals surface area contributed by atoms with Crippen molar-refractivity contribution >= 4 is 33.2 Å². The molecule has 2 saturated heterocycles. The average molecular weight is 420 g/mol. The van der Waals surface area contributed by atoms with Crippen LogP contribution in [0.4, 0.5) is 4.39 Å². The van der Waals surface area contributed by atoms with E-state index in [0.717, 1.165) is 25.7 Å². The topological polar surface area (TPSA) is 57.0 Å². The van der Waals surface area contributed by atoms with Gasteiger partial charge in [-0.1, -0.05) is 6.07 Å². The Balaban J connectivity index is 1.66. The quantitative estimate of drug-likeness (QED) is 0.705. The van der Waals surface area contributed by atoms with Crippen LogP contribution in [0.5, 0.6) is 0 Å². The highest BCUT2D eigenvalue weighted by Gasteiger charge is 2.40. The van der Waals surface area contributed by atoms with Crippen LogP contribution in [0.1, 0.15) is 47.5 Å². The lowest BCUT2D eigenvalue weighted by Gasteiger charge is -2.34.